The van der Waals surface area contributed by atoms with Crippen molar-refractivity contribution in [1.29, 1.82) is 0 Å². The predicted molar refractivity (Wildman–Crippen MR) is 218 cm³/mol. The monoisotopic (exact) mass is 903 g/mol. The van der Waals surface area contributed by atoms with Gasteiger partial charge in [-0.2, -0.15) is 11.3 Å². The SMILES string of the molecule is CCC(C)/C(O)=C/C(=O)C(C)(CC)CC.Cc1c(CC(C)C)sc2ccc3c4ccnc(-c5[c-]c6ccsc6c(C(C)(C)C)c5)c4sc3c12.[Ir]. The van der Waals surface area contributed by atoms with Crippen molar-refractivity contribution in [1.82, 2.24) is 4.98 Å². The minimum Gasteiger partial charge on any atom is -0.512 e. The maximum absolute atomic E-state index is 11.9. The van der Waals surface area contributed by atoms with Crippen LogP contribution in [0.1, 0.15) is 105 Å². The molecule has 0 spiro atoms. The van der Waals surface area contributed by atoms with Gasteiger partial charge in [-0.1, -0.05) is 86.4 Å². The number of aryl methyl sites for hydroxylation is 1. The Balaban J connectivity index is 0.000000301. The van der Waals surface area contributed by atoms with E-state index >= 15 is 0 Å². The van der Waals surface area contributed by atoms with Crippen molar-refractivity contribution in [2.24, 2.45) is 17.3 Å². The molecule has 6 aromatic rings. The third-order valence-electron chi connectivity index (χ3n) is 10.2. The van der Waals surface area contributed by atoms with Crippen molar-refractivity contribution in [3.63, 3.8) is 0 Å². The Bertz CT molecular complexity index is 2150. The molecule has 0 aliphatic rings. The molecule has 1 N–H and O–H groups in total. The number of carbonyl (C=O) groups excluding carboxylic acids is 1. The molecule has 0 amide bonds. The summed E-state index contributed by atoms with van der Waals surface area (Å²) in [4.78, 5) is 18.4. The van der Waals surface area contributed by atoms with E-state index in [-0.39, 0.29) is 48.4 Å². The Kier molecular flexibility index (Phi) is 13.0. The molecular weight excluding hydrogens is 851 g/mol. The van der Waals surface area contributed by atoms with Gasteiger partial charge in [0, 0.05) is 79.2 Å². The van der Waals surface area contributed by atoms with E-state index in [1.807, 2.05) is 74.8 Å². The van der Waals surface area contributed by atoms with E-state index in [9.17, 15) is 9.90 Å². The number of aliphatic hydroxyl groups excluding tert-OH is 1. The molecule has 0 fully saturated rings. The maximum atomic E-state index is 11.9. The average molecular weight is 903 g/mol. The number of thiophene rings is 3. The molecule has 7 heteroatoms. The number of rotatable bonds is 9. The molecule has 0 aliphatic heterocycles. The molecule has 1 atom stereocenters. The van der Waals surface area contributed by atoms with Crippen molar-refractivity contribution in [3.05, 3.63) is 75.8 Å². The summed E-state index contributed by atoms with van der Waals surface area (Å²) >= 11 is 5.69. The first-order valence-corrected chi connectivity index (χ1v) is 20.3. The van der Waals surface area contributed by atoms with Crippen LogP contribution in [0.2, 0.25) is 0 Å². The number of carbonyl (C=O) groups is 1. The van der Waals surface area contributed by atoms with Gasteiger partial charge in [-0.25, -0.2) is 0 Å². The van der Waals surface area contributed by atoms with Crippen molar-refractivity contribution in [2.75, 3.05) is 0 Å². The van der Waals surface area contributed by atoms with Crippen LogP contribution in [0, 0.1) is 30.2 Å². The second kappa shape index (κ2) is 16.1. The largest absolute Gasteiger partial charge is 0.512 e. The minimum atomic E-state index is -0.318. The van der Waals surface area contributed by atoms with Crippen LogP contribution >= 0.6 is 34.0 Å². The number of ketones is 1. The maximum Gasteiger partial charge on any atom is 0.164 e. The van der Waals surface area contributed by atoms with Gasteiger partial charge < -0.3 is 5.11 Å². The van der Waals surface area contributed by atoms with Gasteiger partial charge in [0.05, 0.1) is 5.76 Å². The van der Waals surface area contributed by atoms with Crippen LogP contribution in [-0.2, 0) is 36.7 Å². The summed E-state index contributed by atoms with van der Waals surface area (Å²) in [6.07, 6.45) is 7.02. The number of fused-ring (bicyclic) bond motifs is 6. The number of allylic oxidation sites excluding steroid dienone is 2. The quantitative estimate of drug-likeness (QED) is 0.0893. The molecule has 4 heterocycles. The van der Waals surface area contributed by atoms with Crippen molar-refractivity contribution in [3.8, 4) is 11.3 Å². The van der Waals surface area contributed by atoms with Gasteiger partial charge in [0.2, 0.25) is 0 Å². The molecular formula is C43H52IrNO2S3-. The van der Waals surface area contributed by atoms with Gasteiger partial charge in [-0.15, -0.1) is 46.3 Å². The topological polar surface area (TPSA) is 50.2 Å². The molecule has 0 saturated carbocycles. The van der Waals surface area contributed by atoms with Gasteiger partial charge in [-0.3, -0.25) is 9.78 Å². The van der Waals surface area contributed by atoms with Gasteiger partial charge >= 0.3 is 0 Å². The zero-order valence-electron chi connectivity index (χ0n) is 31.5. The van der Waals surface area contributed by atoms with E-state index in [0.29, 0.717) is 5.92 Å². The Labute approximate surface area is 324 Å². The van der Waals surface area contributed by atoms with Crippen LogP contribution in [0.15, 0.2) is 53.7 Å². The van der Waals surface area contributed by atoms with Crippen molar-refractivity contribution < 1.29 is 30.0 Å². The number of pyridine rings is 1. The molecule has 50 heavy (non-hydrogen) atoms. The van der Waals surface area contributed by atoms with E-state index in [0.717, 1.165) is 36.9 Å². The second-order valence-electron chi connectivity index (χ2n) is 15.2. The summed E-state index contributed by atoms with van der Waals surface area (Å²) in [7, 11) is 0. The average Bonchev–Trinajstić information content (AvgIpc) is 3.78. The second-order valence-corrected chi connectivity index (χ2v) is 18.3. The summed E-state index contributed by atoms with van der Waals surface area (Å²) in [5, 5.41) is 17.2. The zero-order valence-corrected chi connectivity index (χ0v) is 36.3. The Morgan fingerprint density at radius 3 is 2.26 bits per heavy atom. The van der Waals surface area contributed by atoms with Crippen LogP contribution in [0.3, 0.4) is 0 Å². The molecule has 2 aromatic carbocycles. The first kappa shape index (κ1) is 40.4. The molecule has 6 rings (SSSR count). The Morgan fingerprint density at radius 2 is 1.64 bits per heavy atom. The Morgan fingerprint density at radius 1 is 0.960 bits per heavy atom. The Hall–Kier alpha value is -2.41. The van der Waals surface area contributed by atoms with Crippen LogP contribution in [0.25, 0.3) is 51.6 Å². The van der Waals surface area contributed by atoms with Crippen LogP contribution in [-0.4, -0.2) is 15.9 Å². The fraction of sp³-hybridized carbons (Fsp3) is 0.442. The standard InChI is InChI=1S/C30H28NS3.C13H24O2.Ir/c1-16(2)13-24-17(3)25-23(33-24)8-7-20-21-9-11-31-26(29(21)34-28(20)25)19-14-18-10-12-32-27(18)22(15-19)30(4,5)6;1-6-10(4)11(14)9-12(15)13(5,7-2)8-3;/h7-12,15-16H,13H2,1-6H3;9-10,14H,6-8H2,1-5H3;/q-1;;/b;11-9-;. The van der Waals surface area contributed by atoms with E-state index in [2.05, 4.69) is 83.3 Å². The first-order valence-electron chi connectivity index (χ1n) is 17.7. The van der Waals surface area contributed by atoms with Gasteiger partial charge in [0.1, 0.15) is 0 Å². The zero-order chi connectivity index (χ0) is 35.8. The summed E-state index contributed by atoms with van der Waals surface area (Å²) < 4.78 is 5.42. The van der Waals surface area contributed by atoms with Crippen molar-refractivity contribution >= 4 is 80.1 Å². The van der Waals surface area contributed by atoms with Crippen LogP contribution < -0.4 is 0 Å². The third-order valence-corrected chi connectivity index (χ3v) is 13.7. The minimum absolute atomic E-state index is 0. The number of nitrogens with zero attached hydrogens (tertiary/aromatic N) is 1. The van der Waals surface area contributed by atoms with E-state index in [1.165, 1.54) is 62.4 Å². The van der Waals surface area contributed by atoms with Crippen LogP contribution in [0.5, 0.6) is 0 Å². The number of hydrogen-bond donors (Lipinski definition) is 1. The number of aromatic nitrogens is 1. The molecule has 0 aliphatic carbocycles. The van der Waals surface area contributed by atoms with E-state index < -0.39 is 0 Å². The smallest absolute Gasteiger partial charge is 0.164 e. The molecule has 3 nitrogen and oxygen atoms in total. The van der Waals surface area contributed by atoms with Gasteiger partial charge in [0.15, 0.2) is 5.78 Å². The van der Waals surface area contributed by atoms with Crippen LogP contribution in [0.4, 0.5) is 0 Å². The van der Waals surface area contributed by atoms with E-state index in [1.54, 1.807) is 0 Å². The number of aliphatic hydroxyl groups is 1. The fourth-order valence-corrected chi connectivity index (χ4v) is 10.2. The van der Waals surface area contributed by atoms with Gasteiger partial charge in [0.25, 0.3) is 0 Å². The van der Waals surface area contributed by atoms with Crippen molar-refractivity contribution in [2.45, 2.75) is 107 Å². The molecule has 1 radical (unpaired) electrons. The fourth-order valence-electron chi connectivity index (χ4n) is 6.25. The normalized spacial score (nSPS) is 13.2. The predicted octanol–water partition coefficient (Wildman–Crippen LogP) is 14.0. The first-order chi connectivity index (χ1) is 23.1. The molecule has 4 aromatic heterocycles. The summed E-state index contributed by atoms with van der Waals surface area (Å²) in [5.74, 6) is 1.01. The third kappa shape index (κ3) is 7.98. The number of benzene rings is 2. The molecule has 0 saturated heterocycles. The van der Waals surface area contributed by atoms with Gasteiger partial charge in [-0.05, 0) is 77.1 Å². The molecule has 269 valence electrons. The molecule has 0 bridgehead atoms. The summed E-state index contributed by atoms with van der Waals surface area (Å²) in [5.41, 5.74) is 4.74. The van der Waals surface area contributed by atoms with E-state index in [4.69, 9.17) is 4.98 Å². The summed E-state index contributed by atoms with van der Waals surface area (Å²) in [6, 6.07) is 15.1. The summed E-state index contributed by atoms with van der Waals surface area (Å²) in [6.45, 7) is 23.7. The number of hydrogen-bond acceptors (Lipinski definition) is 6. The molecule has 1 unspecified atom stereocenters.